The van der Waals surface area contributed by atoms with Crippen molar-refractivity contribution in [1.82, 2.24) is 4.90 Å². The van der Waals surface area contributed by atoms with Gasteiger partial charge in [-0.1, -0.05) is 30.3 Å². The first kappa shape index (κ1) is 16.5. The minimum Gasteiger partial charge on any atom is -0.444 e. The Balaban J connectivity index is 2.27. The molecule has 2 rings (SSSR count). The second-order valence-electron chi connectivity index (χ2n) is 7.06. The fraction of sp³-hybridized carbons (Fsp3) is 0.529. The molecule has 1 amide bonds. The Hall–Kier alpha value is -1.88. The molecule has 1 unspecified atom stereocenters. The van der Waals surface area contributed by atoms with Gasteiger partial charge in [-0.25, -0.2) is 4.79 Å². The molecule has 1 saturated heterocycles. The molecule has 0 bridgehead atoms. The average Bonchev–Trinajstić information content (AvgIpc) is 2.72. The fourth-order valence-corrected chi connectivity index (χ4v) is 2.34. The number of ether oxygens (including phenoxy) is 2. The molecule has 1 aliphatic heterocycles. The largest absolute Gasteiger partial charge is 0.444 e. The van der Waals surface area contributed by atoms with Crippen molar-refractivity contribution in [2.24, 2.45) is 0 Å². The van der Waals surface area contributed by atoms with Crippen LogP contribution >= 0.6 is 0 Å². The molecular formula is C17H23NO4. The molecule has 0 aliphatic carbocycles. The van der Waals surface area contributed by atoms with Crippen molar-refractivity contribution in [2.45, 2.75) is 52.0 Å². The monoisotopic (exact) mass is 305 g/mol. The van der Waals surface area contributed by atoms with E-state index in [0.717, 1.165) is 0 Å². The van der Waals surface area contributed by atoms with Gasteiger partial charge in [-0.15, -0.1) is 0 Å². The summed E-state index contributed by atoms with van der Waals surface area (Å²) in [6.45, 7) is 9.38. The molecule has 1 aromatic rings. The van der Waals surface area contributed by atoms with Crippen molar-refractivity contribution in [3.63, 3.8) is 0 Å². The van der Waals surface area contributed by atoms with E-state index in [1.165, 1.54) is 4.90 Å². The van der Waals surface area contributed by atoms with Gasteiger partial charge in [0.2, 0.25) is 5.78 Å². The van der Waals surface area contributed by atoms with Crippen LogP contribution in [-0.2, 0) is 9.47 Å². The van der Waals surface area contributed by atoms with Crippen LogP contribution in [0.15, 0.2) is 30.3 Å². The molecule has 0 spiro atoms. The molecule has 120 valence electrons. The summed E-state index contributed by atoms with van der Waals surface area (Å²) in [5.74, 6) is -0.239. The number of nitrogens with zero attached hydrogens (tertiary/aromatic N) is 1. The summed E-state index contributed by atoms with van der Waals surface area (Å²) in [7, 11) is 0. The highest BCUT2D eigenvalue weighted by molar-refractivity contribution is 6.01. The van der Waals surface area contributed by atoms with E-state index in [9.17, 15) is 9.59 Å². The highest BCUT2D eigenvalue weighted by Crippen LogP contribution is 2.30. The Morgan fingerprint density at radius 1 is 1.23 bits per heavy atom. The Morgan fingerprint density at radius 3 is 2.36 bits per heavy atom. The summed E-state index contributed by atoms with van der Waals surface area (Å²) >= 11 is 0. The second-order valence-corrected chi connectivity index (χ2v) is 7.06. The van der Waals surface area contributed by atoms with Crippen LogP contribution in [0.25, 0.3) is 0 Å². The molecule has 1 aliphatic rings. The van der Waals surface area contributed by atoms with Crippen molar-refractivity contribution >= 4 is 11.9 Å². The zero-order valence-corrected chi connectivity index (χ0v) is 13.8. The van der Waals surface area contributed by atoms with Gasteiger partial charge in [0.05, 0.1) is 12.1 Å². The molecule has 22 heavy (non-hydrogen) atoms. The number of hydrogen-bond donors (Lipinski definition) is 0. The molecule has 0 aromatic heterocycles. The van der Waals surface area contributed by atoms with Crippen molar-refractivity contribution in [1.29, 1.82) is 0 Å². The molecule has 5 nitrogen and oxygen atoms in total. The quantitative estimate of drug-likeness (QED) is 0.787. The number of ketones is 1. The van der Waals surface area contributed by atoms with Crippen LogP contribution in [0.3, 0.4) is 0 Å². The van der Waals surface area contributed by atoms with E-state index in [-0.39, 0.29) is 12.4 Å². The smallest absolute Gasteiger partial charge is 0.413 e. The van der Waals surface area contributed by atoms with E-state index in [1.54, 1.807) is 45.0 Å². The summed E-state index contributed by atoms with van der Waals surface area (Å²) in [4.78, 5) is 26.5. The normalized spacial score (nSPS) is 20.8. The first-order chi connectivity index (χ1) is 10.1. The summed E-state index contributed by atoms with van der Waals surface area (Å²) in [5.41, 5.74) is -0.716. The molecule has 0 saturated carbocycles. The van der Waals surface area contributed by atoms with Crippen molar-refractivity contribution < 1.29 is 19.1 Å². The van der Waals surface area contributed by atoms with Crippen molar-refractivity contribution in [3.05, 3.63) is 35.9 Å². The van der Waals surface area contributed by atoms with E-state index in [4.69, 9.17) is 9.47 Å². The van der Waals surface area contributed by atoms with Gasteiger partial charge < -0.3 is 9.47 Å². The minimum absolute atomic E-state index is 0.239. The zero-order valence-electron chi connectivity index (χ0n) is 13.8. The van der Waals surface area contributed by atoms with E-state index in [2.05, 4.69) is 0 Å². The maximum absolute atomic E-state index is 12.6. The molecule has 1 fully saturated rings. The first-order valence-electron chi connectivity index (χ1n) is 7.35. The number of rotatable bonds is 2. The van der Waals surface area contributed by atoms with Gasteiger partial charge in [-0.05, 0) is 34.6 Å². The van der Waals surface area contributed by atoms with Gasteiger partial charge in [0.15, 0.2) is 6.23 Å². The zero-order chi connectivity index (χ0) is 16.5. The van der Waals surface area contributed by atoms with Gasteiger partial charge in [0.1, 0.15) is 5.60 Å². The number of benzene rings is 1. The van der Waals surface area contributed by atoms with Crippen LogP contribution in [0.5, 0.6) is 0 Å². The summed E-state index contributed by atoms with van der Waals surface area (Å²) in [6.07, 6.45) is -1.49. The molecule has 5 heteroatoms. The predicted molar refractivity (Wildman–Crippen MR) is 82.7 cm³/mol. The third kappa shape index (κ3) is 3.47. The van der Waals surface area contributed by atoms with Crippen molar-refractivity contribution in [2.75, 3.05) is 6.61 Å². The van der Waals surface area contributed by atoms with Crippen LogP contribution < -0.4 is 0 Å². The first-order valence-corrected chi connectivity index (χ1v) is 7.35. The Bertz CT molecular complexity index is 560. The Kier molecular flexibility index (Phi) is 4.29. The minimum atomic E-state index is -0.952. The van der Waals surface area contributed by atoms with E-state index >= 15 is 0 Å². The Labute approximate surface area is 131 Å². The SMILES string of the molecule is CC(C)(C)OC(=O)N1C(C(=O)c2ccccc2)OCC1(C)C. The standard InChI is InChI=1S/C17H23NO4/c1-16(2,3)22-15(20)18-14(21-11-17(18,4)5)13(19)12-9-7-6-8-10-12/h6-10,14H,11H2,1-5H3. The van der Waals surface area contributed by atoms with Crippen molar-refractivity contribution in [3.8, 4) is 0 Å². The third-order valence-corrected chi connectivity index (χ3v) is 3.35. The number of carbonyl (C=O) groups is 2. The summed E-state index contributed by atoms with van der Waals surface area (Å²) < 4.78 is 11.0. The van der Waals surface area contributed by atoms with E-state index < -0.39 is 23.5 Å². The summed E-state index contributed by atoms with van der Waals surface area (Å²) in [6, 6.07) is 8.83. The molecule has 1 aromatic carbocycles. The second kappa shape index (κ2) is 5.72. The lowest BCUT2D eigenvalue weighted by atomic mass is 10.0. The molecule has 0 radical (unpaired) electrons. The number of hydrogen-bond acceptors (Lipinski definition) is 4. The fourth-order valence-electron chi connectivity index (χ4n) is 2.34. The Morgan fingerprint density at radius 2 is 1.82 bits per heavy atom. The molecule has 0 N–H and O–H groups in total. The third-order valence-electron chi connectivity index (χ3n) is 3.35. The lowest BCUT2D eigenvalue weighted by molar-refractivity contribution is -0.0127. The van der Waals surface area contributed by atoms with E-state index in [1.807, 2.05) is 19.9 Å². The maximum atomic E-state index is 12.6. The number of carbonyl (C=O) groups excluding carboxylic acids is 2. The van der Waals surface area contributed by atoms with Gasteiger partial charge >= 0.3 is 6.09 Å². The number of amides is 1. The van der Waals surface area contributed by atoms with Crippen LogP contribution in [0.2, 0.25) is 0 Å². The topological polar surface area (TPSA) is 55.8 Å². The highest BCUT2D eigenvalue weighted by Gasteiger charge is 2.48. The lowest BCUT2D eigenvalue weighted by Gasteiger charge is -2.34. The summed E-state index contributed by atoms with van der Waals surface area (Å²) in [5, 5.41) is 0. The van der Waals surface area contributed by atoms with Gasteiger partial charge in [-0.3, -0.25) is 9.69 Å². The van der Waals surface area contributed by atoms with Gasteiger partial charge in [0, 0.05) is 5.56 Å². The van der Waals surface area contributed by atoms with Crippen LogP contribution in [-0.4, -0.2) is 40.8 Å². The average molecular weight is 305 g/mol. The van der Waals surface area contributed by atoms with Crippen LogP contribution in [0.1, 0.15) is 45.0 Å². The van der Waals surface area contributed by atoms with Gasteiger partial charge in [-0.2, -0.15) is 0 Å². The van der Waals surface area contributed by atoms with Crippen LogP contribution in [0.4, 0.5) is 4.79 Å². The molecule has 1 atom stereocenters. The number of Topliss-reactive ketones (excluding diaryl/α,β-unsaturated/α-hetero) is 1. The highest BCUT2D eigenvalue weighted by atomic mass is 16.6. The van der Waals surface area contributed by atoms with E-state index in [0.29, 0.717) is 5.56 Å². The van der Waals surface area contributed by atoms with Crippen LogP contribution in [0, 0.1) is 0 Å². The maximum Gasteiger partial charge on any atom is 0.413 e. The predicted octanol–water partition coefficient (Wildman–Crippen LogP) is 3.24. The van der Waals surface area contributed by atoms with Gasteiger partial charge in [0.25, 0.3) is 0 Å². The molecular weight excluding hydrogens is 282 g/mol. The lowest BCUT2D eigenvalue weighted by Crippen LogP contribution is -2.52. The molecule has 1 heterocycles.